The molecule has 1 fully saturated rings. The lowest BCUT2D eigenvalue weighted by Crippen LogP contribution is -2.29. The molecule has 4 heteroatoms. The highest BCUT2D eigenvalue weighted by Crippen LogP contribution is 2.30. The Bertz CT molecular complexity index is 287. The Morgan fingerprint density at radius 2 is 2.00 bits per heavy atom. The predicted octanol–water partition coefficient (Wildman–Crippen LogP) is 1.98. The Kier molecular flexibility index (Phi) is 5.76. The molecular weight excluding hydrogens is 222 g/mol. The smallest absolute Gasteiger partial charge is 0.150 e. The minimum absolute atomic E-state index is 0.0718. The fraction of sp³-hybridized carbons (Fsp3) is 1.00. The second-order valence-corrected chi connectivity index (χ2v) is 7.35. The summed E-state index contributed by atoms with van der Waals surface area (Å²) >= 11 is 0. The van der Waals surface area contributed by atoms with E-state index in [-0.39, 0.29) is 5.25 Å². The van der Waals surface area contributed by atoms with Gasteiger partial charge in [-0.05, 0) is 44.7 Å². The molecule has 16 heavy (non-hydrogen) atoms. The zero-order valence-electron chi connectivity index (χ0n) is 10.5. The van der Waals surface area contributed by atoms with Crippen LogP contribution in [-0.4, -0.2) is 33.0 Å². The van der Waals surface area contributed by atoms with Gasteiger partial charge in [0, 0.05) is 6.26 Å². The average Bonchev–Trinajstić information content (AvgIpc) is 2.24. The van der Waals surface area contributed by atoms with Crippen molar-refractivity contribution in [1.29, 1.82) is 0 Å². The van der Waals surface area contributed by atoms with Crippen LogP contribution in [0, 0.1) is 5.92 Å². The summed E-state index contributed by atoms with van der Waals surface area (Å²) in [6.07, 6.45) is 7.72. The van der Waals surface area contributed by atoms with E-state index >= 15 is 0 Å². The second kappa shape index (κ2) is 6.60. The molecule has 0 radical (unpaired) electrons. The third-order valence-corrected chi connectivity index (χ3v) is 5.14. The highest BCUT2D eigenvalue weighted by Gasteiger charge is 2.28. The van der Waals surface area contributed by atoms with Crippen LogP contribution in [0.4, 0.5) is 0 Å². The third kappa shape index (κ3) is 4.83. The second-order valence-electron chi connectivity index (χ2n) is 5.02. The summed E-state index contributed by atoms with van der Waals surface area (Å²) in [7, 11) is -2.81. The first kappa shape index (κ1) is 14.0. The van der Waals surface area contributed by atoms with Gasteiger partial charge in [-0.2, -0.15) is 0 Å². The maximum Gasteiger partial charge on any atom is 0.150 e. The Hall–Kier alpha value is -0.0900. The van der Waals surface area contributed by atoms with Gasteiger partial charge in [-0.3, -0.25) is 0 Å². The van der Waals surface area contributed by atoms with Gasteiger partial charge < -0.3 is 5.32 Å². The molecule has 0 bridgehead atoms. The molecule has 0 spiro atoms. The van der Waals surface area contributed by atoms with E-state index in [1.807, 2.05) is 0 Å². The number of nitrogens with one attached hydrogen (secondary N) is 1. The molecule has 0 aromatic carbocycles. The molecule has 1 aliphatic rings. The van der Waals surface area contributed by atoms with Gasteiger partial charge in [0.15, 0.2) is 0 Å². The van der Waals surface area contributed by atoms with Crippen molar-refractivity contribution >= 4 is 9.84 Å². The maximum atomic E-state index is 11.5. The number of hydrogen-bond acceptors (Lipinski definition) is 3. The maximum absolute atomic E-state index is 11.5. The molecule has 1 rings (SSSR count). The van der Waals surface area contributed by atoms with Gasteiger partial charge in [0.1, 0.15) is 9.84 Å². The van der Waals surface area contributed by atoms with E-state index in [2.05, 4.69) is 12.2 Å². The number of hydrogen-bond donors (Lipinski definition) is 1. The van der Waals surface area contributed by atoms with Crippen LogP contribution in [0.1, 0.15) is 45.4 Å². The average molecular weight is 247 g/mol. The fourth-order valence-electron chi connectivity index (χ4n) is 2.50. The fourth-order valence-corrected chi connectivity index (χ4v) is 3.72. The molecule has 3 nitrogen and oxygen atoms in total. The first-order valence-electron chi connectivity index (χ1n) is 6.43. The first-order valence-corrected chi connectivity index (χ1v) is 8.39. The topological polar surface area (TPSA) is 46.2 Å². The number of rotatable bonds is 6. The van der Waals surface area contributed by atoms with E-state index in [1.165, 1.54) is 12.7 Å². The molecule has 0 heterocycles. The lowest BCUT2D eigenvalue weighted by Gasteiger charge is -2.28. The molecule has 1 saturated carbocycles. The van der Waals surface area contributed by atoms with Crippen LogP contribution in [0.3, 0.4) is 0 Å². The standard InChI is InChI=1S/C12H25NO2S/c1-3-8-13-9-7-11-5-4-6-12(10-11)16(2,14)15/h11-13H,3-10H2,1-2H3. The van der Waals surface area contributed by atoms with E-state index in [4.69, 9.17) is 0 Å². The van der Waals surface area contributed by atoms with Gasteiger partial charge in [-0.1, -0.05) is 19.8 Å². The number of sulfone groups is 1. The minimum Gasteiger partial charge on any atom is -0.317 e. The van der Waals surface area contributed by atoms with Crippen molar-refractivity contribution in [3.63, 3.8) is 0 Å². The minimum atomic E-state index is -2.81. The molecule has 1 aliphatic carbocycles. The Morgan fingerprint density at radius 1 is 1.25 bits per heavy atom. The lowest BCUT2D eigenvalue weighted by molar-refractivity contribution is 0.334. The molecular formula is C12H25NO2S. The summed E-state index contributed by atoms with van der Waals surface area (Å²) in [6, 6.07) is 0. The van der Waals surface area contributed by atoms with Crippen molar-refractivity contribution in [2.24, 2.45) is 5.92 Å². The Labute approximate surface area is 99.9 Å². The summed E-state index contributed by atoms with van der Waals surface area (Å²) in [5, 5.41) is 3.31. The molecule has 96 valence electrons. The van der Waals surface area contributed by atoms with Crippen molar-refractivity contribution in [3.8, 4) is 0 Å². The van der Waals surface area contributed by atoms with Gasteiger partial charge in [0.2, 0.25) is 0 Å². The van der Waals surface area contributed by atoms with Crippen molar-refractivity contribution < 1.29 is 8.42 Å². The lowest BCUT2D eigenvalue weighted by atomic mass is 9.86. The van der Waals surface area contributed by atoms with Crippen LogP contribution in [0.5, 0.6) is 0 Å². The summed E-state index contributed by atoms with van der Waals surface area (Å²) in [5.41, 5.74) is 0. The normalized spacial score (nSPS) is 26.9. The summed E-state index contributed by atoms with van der Waals surface area (Å²) < 4.78 is 23.0. The summed E-state index contributed by atoms with van der Waals surface area (Å²) in [5.74, 6) is 0.609. The van der Waals surface area contributed by atoms with E-state index in [9.17, 15) is 8.42 Å². The van der Waals surface area contributed by atoms with Crippen molar-refractivity contribution in [3.05, 3.63) is 0 Å². The van der Waals surface area contributed by atoms with Crippen molar-refractivity contribution in [2.45, 2.75) is 50.7 Å². The zero-order chi connectivity index (χ0) is 12.0. The monoisotopic (exact) mass is 247 g/mol. The molecule has 0 amide bonds. The summed E-state index contributed by atoms with van der Waals surface area (Å²) in [6.45, 7) is 4.27. The van der Waals surface area contributed by atoms with Gasteiger partial charge in [0.25, 0.3) is 0 Å². The van der Waals surface area contributed by atoms with Crippen LogP contribution < -0.4 is 5.32 Å². The quantitative estimate of drug-likeness (QED) is 0.730. The highest BCUT2D eigenvalue weighted by molar-refractivity contribution is 7.91. The predicted molar refractivity (Wildman–Crippen MR) is 68.4 cm³/mol. The molecule has 1 N–H and O–H groups in total. The molecule has 2 atom stereocenters. The van der Waals surface area contributed by atoms with Crippen LogP contribution in [0.25, 0.3) is 0 Å². The first-order chi connectivity index (χ1) is 7.54. The van der Waals surface area contributed by atoms with Crippen LogP contribution in [-0.2, 0) is 9.84 Å². The van der Waals surface area contributed by atoms with Crippen molar-refractivity contribution in [2.75, 3.05) is 19.3 Å². The van der Waals surface area contributed by atoms with Gasteiger partial charge >= 0.3 is 0 Å². The van der Waals surface area contributed by atoms with Crippen LogP contribution >= 0.6 is 0 Å². The summed E-state index contributed by atoms with van der Waals surface area (Å²) in [4.78, 5) is 0. The van der Waals surface area contributed by atoms with E-state index in [0.29, 0.717) is 5.92 Å². The zero-order valence-corrected chi connectivity index (χ0v) is 11.4. The van der Waals surface area contributed by atoms with Crippen molar-refractivity contribution in [1.82, 2.24) is 5.32 Å². The Balaban J connectivity index is 2.28. The van der Waals surface area contributed by atoms with E-state index in [0.717, 1.165) is 45.2 Å². The van der Waals surface area contributed by atoms with E-state index in [1.54, 1.807) is 0 Å². The highest BCUT2D eigenvalue weighted by atomic mass is 32.2. The third-order valence-electron chi connectivity index (χ3n) is 3.50. The molecule has 0 saturated heterocycles. The van der Waals surface area contributed by atoms with Crippen LogP contribution in [0.15, 0.2) is 0 Å². The van der Waals surface area contributed by atoms with Gasteiger partial charge in [0.05, 0.1) is 5.25 Å². The molecule has 2 unspecified atom stereocenters. The van der Waals surface area contributed by atoms with Gasteiger partial charge in [-0.25, -0.2) is 8.42 Å². The molecule has 0 aromatic heterocycles. The molecule has 0 aromatic rings. The largest absolute Gasteiger partial charge is 0.317 e. The Morgan fingerprint density at radius 3 is 2.62 bits per heavy atom. The van der Waals surface area contributed by atoms with Crippen LogP contribution in [0.2, 0.25) is 0 Å². The molecule has 0 aliphatic heterocycles. The SMILES string of the molecule is CCCNCCC1CCCC(S(C)(=O)=O)C1. The van der Waals surface area contributed by atoms with E-state index < -0.39 is 9.84 Å². The van der Waals surface area contributed by atoms with Gasteiger partial charge in [-0.15, -0.1) is 0 Å².